The molecule has 1 aliphatic rings. The van der Waals surface area contributed by atoms with Crippen molar-refractivity contribution in [2.75, 3.05) is 17.2 Å². The molecule has 110 valence electrons. The molecule has 0 atom stereocenters. The maximum Gasteiger partial charge on any atom is 0.132 e. The van der Waals surface area contributed by atoms with E-state index in [4.69, 9.17) is 5.73 Å². The molecule has 0 spiro atoms. The molecular weight excluding hydrogens is 274 g/mol. The molecule has 4 rings (SSSR count). The number of fused-ring (bicyclic) bond motifs is 1. The minimum Gasteiger partial charge on any atom is -0.383 e. The average molecular weight is 291 g/mol. The Morgan fingerprint density at radius 1 is 0.955 bits per heavy atom. The van der Waals surface area contributed by atoms with E-state index in [1.807, 2.05) is 22.9 Å². The Morgan fingerprint density at radius 3 is 2.50 bits per heavy atom. The molecule has 5 nitrogen and oxygen atoms in total. The number of aromatic nitrogens is 3. The lowest BCUT2D eigenvalue weighted by Crippen LogP contribution is -2.30. The number of benzene rings is 1. The lowest BCUT2D eigenvalue weighted by molar-refractivity contribution is 0.715. The SMILES string of the molecule is Nc1c2c(nn1-c1ccncc1)CCN(c1ccccc1)C2. The van der Waals surface area contributed by atoms with Crippen molar-refractivity contribution in [1.29, 1.82) is 0 Å². The van der Waals surface area contributed by atoms with Crippen LogP contribution >= 0.6 is 0 Å². The fourth-order valence-electron chi connectivity index (χ4n) is 2.94. The van der Waals surface area contributed by atoms with E-state index in [1.54, 1.807) is 12.4 Å². The van der Waals surface area contributed by atoms with Gasteiger partial charge in [-0.3, -0.25) is 4.98 Å². The minimum absolute atomic E-state index is 0.724. The number of pyridine rings is 1. The van der Waals surface area contributed by atoms with E-state index in [0.29, 0.717) is 0 Å². The van der Waals surface area contributed by atoms with Gasteiger partial charge in [-0.2, -0.15) is 5.10 Å². The second kappa shape index (κ2) is 5.18. The van der Waals surface area contributed by atoms with E-state index >= 15 is 0 Å². The number of nitrogens with two attached hydrogens (primary N) is 1. The number of para-hydroxylation sites is 1. The average Bonchev–Trinajstić information content (AvgIpc) is 2.93. The second-order valence-corrected chi connectivity index (χ2v) is 5.43. The van der Waals surface area contributed by atoms with Crippen LogP contribution < -0.4 is 10.6 Å². The van der Waals surface area contributed by atoms with Crippen LogP contribution in [0.15, 0.2) is 54.9 Å². The highest BCUT2D eigenvalue weighted by Gasteiger charge is 2.24. The largest absolute Gasteiger partial charge is 0.383 e. The molecule has 3 aromatic rings. The molecule has 22 heavy (non-hydrogen) atoms. The van der Waals surface area contributed by atoms with Gasteiger partial charge in [0.05, 0.1) is 11.4 Å². The van der Waals surface area contributed by atoms with E-state index < -0.39 is 0 Å². The number of anilines is 2. The zero-order valence-corrected chi connectivity index (χ0v) is 12.2. The van der Waals surface area contributed by atoms with Crippen molar-refractivity contribution in [3.63, 3.8) is 0 Å². The molecule has 0 bridgehead atoms. The third-order valence-corrected chi connectivity index (χ3v) is 4.10. The Hall–Kier alpha value is -2.82. The van der Waals surface area contributed by atoms with Gasteiger partial charge in [-0.15, -0.1) is 0 Å². The molecular formula is C17H17N5. The predicted octanol–water partition coefficient (Wildman–Crippen LogP) is 2.41. The quantitative estimate of drug-likeness (QED) is 0.787. The third-order valence-electron chi connectivity index (χ3n) is 4.10. The number of hydrogen-bond donors (Lipinski definition) is 1. The van der Waals surface area contributed by atoms with Gasteiger partial charge in [0, 0.05) is 43.2 Å². The highest BCUT2D eigenvalue weighted by atomic mass is 15.3. The van der Waals surface area contributed by atoms with Crippen molar-refractivity contribution in [3.8, 4) is 5.69 Å². The zero-order valence-electron chi connectivity index (χ0n) is 12.2. The molecule has 0 saturated carbocycles. The number of hydrogen-bond acceptors (Lipinski definition) is 4. The Balaban J connectivity index is 1.70. The first-order valence-electron chi connectivity index (χ1n) is 7.39. The highest BCUT2D eigenvalue weighted by Crippen LogP contribution is 2.29. The fourth-order valence-corrected chi connectivity index (χ4v) is 2.94. The zero-order chi connectivity index (χ0) is 14.9. The number of nitrogens with zero attached hydrogens (tertiary/aromatic N) is 4. The topological polar surface area (TPSA) is 60.0 Å². The summed E-state index contributed by atoms with van der Waals surface area (Å²) in [7, 11) is 0. The van der Waals surface area contributed by atoms with E-state index in [1.165, 1.54) is 5.69 Å². The third kappa shape index (κ3) is 2.11. The van der Waals surface area contributed by atoms with E-state index in [9.17, 15) is 0 Å². The summed E-state index contributed by atoms with van der Waals surface area (Å²) in [6, 6.07) is 14.3. The van der Waals surface area contributed by atoms with E-state index in [-0.39, 0.29) is 0 Å². The van der Waals surface area contributed by atoms with Gasteiger partial charge in [-0.25, -0.2) is 4.68 Å². The lowest BCUT2D eigenvalue weighted by Gasteiger charge is -2.28. The summed E-state index contributed by atoms with van der Waals surface area (Å²) in [5.41, 5.74) is 10.8. The van der Waals surface area contributed by atoms with Crippen LogP contribution in [0.3, 0.4) is 0 Å². The highest BCUT2D eigenvalue weighted by molar-refractivity contribution is 5.55. The van der Waals surface area contributed by atoms with Crippen LogP contribution in [0.1, 0.15) is 11.3 Å². The molecule has 1 aromatic carbocycles. The Morgan fingerprint density at radius 2 is 1.73 bits per heavy atom. The fraction of sp³-hybridized carbons (Fsp3) is 0.176. The van der Waals surface area contributed by atoms with Gasteiger partial charge < -0.3 is 10.6 Å². The van der Waals surface area contributed by atoms with E-state index in [0.717, 1.165) is 42.3 Å². The van der Waals surface area contributed by atoms with Crippen molar-refractivity contribution in [1.82, 2.24) is 14.8 Å². The Labute approximate surface area is 129 Å². The molecule has 0 saturated heterocycles. The molecule has 0 fully saturated rings. The Bertz CT molecular complexity index is 780. The standard InChI is InChI=1S/C17H17N5/c18-17-15-12-21(13-4-2-1-3-5-13)11-8-16(15)20-22(17)14-6-9-19-10-7-14/h1-7,9-10H,8,11-12,18H2. The van der Waals surface area contributed by atoms with Gasteiger partial charge in [0.2, 0.25) is 0 Å². The van der Waals surface area contributed by atoms with Crippen LogP contribution in [0.4, 0.5) is 11.5 Å². The summed E-state index contributed by atoms with van der Waals surface area (Å²) in [5.74, 6) is 0.724. The molecule has 1 aliphatic heterocycles. The summed E-state index contributed by atoms with van der Waals surface area (Å²) >= 11 is 0. The van der Waals surface area contributed by atoms with Crippen molar-refractivity contribution in [2.24, 2.45) is 0 Å². The van der Waals surface area contributed by atoms with Gasteiger partial charge in [0.15, 0.2) is 0 Å². The van der Waals surface area contributed by atoms with E-state index in [2.05, 4.69) is 39.2 Å². The summed E-state index contributed by atoms with van der Waals surface area (Å²) < 4.78 is 1.82. The molecule has 0 aliphatic carbocycles. The molecule has 3 heterocycles. The van der Waals surface area contributed by atoms with Crippen molar-refractivity contribution in [3.05, 3.63) is 66.1 Å². The van der Waals surface area contributed by atoms with Crippen LogP contribution in [0.25, 0.3) is 5.69 Å². The monoisotopic (exact) mass is 291 g/mol. The maximum absolute atomic E-state index is 6.35. The van der Waals surface area contributed by atoms with Gasteiger partial charge in [0.1, 0.15) is 5.82 Å². The molecule has 0 amide bonds. The van der Waals surface area contributed by atoms with Crippen LogP contribution in [0.5, 0.6) is 0 Å². The molecule has 2 aromatic heterocycles. The van der Waals surface area contributed by atoms with Crippen LogP contribution in [0.2, 0.25) is 0 Å². The Kier molecular flexibility index (Phi) is 3.04. The first-order chi connectivity index (χ1) is 10.8. The molecule has 2 N–H and O–H groups in total. The van der Waals surface area contributed by atoms with Gasteiger partial charge in [-0.1, -0.05) is 18.2 Å². The lowest BCUT2D eigenvalue weighted by atomic mass is 10.1. The van der Waals surface area contributed by atoms with Crippen molar-refractivity contribution in [2.45, 2.75) is 13.0 Å². The van der Waals surface area contributed by atoms with Gasteiger partial charge >= 0.3 is 0 Å². The van der Waals surface area contributed by atoms with Crippen LogP contribution in [-0.4, -0.2) is 21.3 Å². The molecule has 0 unspecified atom stereocenters. The normalized spacial score (nSPS) is 13.9. The smallest absolute Gasteiger partial charge is 0.132 e. The second-order valence-electron chi connectivity index (χ2n) is 5.43. The molecule has 0 radical (unpaired) electrons. The number of rotatable bonds is 2. The summed E-state index contributed by atoms with van der Waals surface area (Å²) in [5, 5.41) is 4.69. The van der Waals surface area contributed by atoms with Crippen molar-refractivity contribution < 1.29 is 0 Å². The van der Waals surface area contributed by atoms with Crippen molar-refractivity contribution >= 4 is 11.5 Å². The van der Waals surface area contributed by atoms with Gasteiger partial charge in [-0.05, 0) is 24.3 Å². The summed E-state index contributed by atoms with van der Waals surface area (Å²) in [4.78, 5) is 6.39. The number of nitrogen functional groups attached to an aromatic ring is 1. The minimum atomic E-state index is 0.724. The maximum atomic E-state index is 6.35. The summed E-state index contributed by atoms with van der Waals surface area (Å²) in [6.07, 6.45) is 4.42. The van der Waals surface area contributed by atoms with Crippen LogP contribution in [0, 0.1) is 0 Å². The predicted molar refractivity (Wildman–Crippen MR) is 87.0 cm³/mol. The van der Waals surface area contributed by atoms with Gasteiger partial charge in [0.25, 0.3) is 0 Å². The molecule has 5 heteroatoms. The van der Waals surface area contributed by atoms with Crippen LogP contribution in [-0.2, 0) is 13.0 Å². The first kappa shape index (κ1) is 12.9. The summed E-state index contributed by atoms with van der Waals surface area (Å²) in [6.45, 7) is 1.76. The first-order valence-corrected chi connectivity index (χ1v) is 7.39.